The maximum absolute atomic E-state index is 4.17. The molecule has 0 spiro atoms. The molecule has 0 aliphatic rings. The molecule has 1 radical (unpaired) electrons. The van der Waals surface area contributed by atoms with Gasteiger partial charge < -0.3 is 5.32 Å². The Morgan fingerprint density at radius 1 is 1.89 bits per heavy atom. The van der Waals surface area contributed by atoms with Gasteiger partial charge >= 0.3 is 0 Å². The van der Waals surface area contributed by atoms with Crippen LogP contribution in [-0.2, 0) is 0 Å². The molecule has 3 heteroatoms. The number of hydrogen-bond donors (Lipinski definition) is 1. The fourth-order valence-corrected chi connectivity index (χ4v) is 1.26. The molecule has 0 unspecified atom stereocenters. The highest BCUT2D eigenvalue weighted by molar-refractivity contribution is 7.13. The van der Waals surface area contributed by atoms with Crippen molar-refractivity contribution in [1.29, 1.82) is 0 Å². The molecular weight excluding hydrogens is 132 g/mol. The normalized spacial score (nSPS) is 9.56. The van der Waals surface area contributed by atoms with Crippen molar-refractivity contribution in [1.82, 2.24) is 4.98 Å². The van der Waals surface area contributed by atoms with Crippen LogP contribution >= 0.6 is 11.3 Å². The van der Waals surface area contributed by atoms with Crippen LogP contribution in [0.5, 0.6) is 0 Å². The standard InChI is InChI=1S/C6H9N2S/c1-3-7-6-8-5(2)4-9-6/h4H,1,3H2,2H3,(H,7,8). The van der Waals surface area contributed by atoms with Crippen LogP contribution in [-0.4, -0.2) is 11.5 Å². The fourth-order valence-electron chi connectivity index (χ4n) is 0.542. The minimum atomic E-state index is 0.701. The third kappa shape index (κ3) is 1.68. The summed E-state index contributed by atoms with van der Waals surface area (Å²) in [6.45, 7) is 6.32. The van der Waals surface area contributed by atoms with E-state index in [0.29, 0.717) is 6.54 Å². The zero-order chi connectivity index (χ0) is 6.69. The summed E-state index contributed by atoms with van der Waals surface area (Å²) in [5.41, 5.74) is 1.07. The van der Waals surface area contributed by atoms with E-state index in [4.69, 9.17) is 0 Å². The van der Waals surface area contributed by atoms with Crippen LogP contribution in [0.2, 0.25) is 0 Å². The highest BCUT2D eigenvalue weighted by Gasteiger charge is 1.92. The first-order chi connectivity index (χ1) is 4.33. The highest BCUT2D eigenvalue weighted by Crippen LogP contribution is 2.13. The van der Waals surface area contributed by atoms with Gasteiger partial charge in [-0.25, -0.2) is 4.98 Å². The molecule has 9 heavy (non-hydrogen) atoms. The van der Waals surface area contributed by atoms with Crippen LogP contribution in [0, 0.1) is 13.8 Å². The number of aromatic nitrogens is 1. The Morgan fingerprint density at radius 3 is 3.11 bits per heavy atom. The molecule has 0 aromatic carbocycles. The molecule has 1 rings (SSSR count). The van der Waals surface area contributed by atoms with Gasteiger partial charge in [0.1, 0.15) is 0 Å². The summed E-state index contributed by atoms with van der Waals surface area (Å²) < 4.78 is 0. The number of aryl methyl sites for hydroxylation is 1. The van der Waals surface area contributed by atoms with Gasteiger partial charge in [-0.15, -0.1) is 11.3 Å². The fraction of sp³-hybridized carbons (Fsp3) is 0.333. The zero-order valence-electron chi connectivity index (χ0n) is 5.35. The first-order valence-corrected chi connectivity index (χ1v) is 3.66. The molecule has 0 amide bonds. The smallest absolute Gasteiger partial charge is 0.182 e. The Hall–Kier alpha value is -0.570. The second kappa shape index (κ2) is 2.82. The molecule has 49 valence electrons. The van der Waals surface area contributed by atoms with Gasteiger partial charge in [-0.3, -0.25) is 0 Å². The average molecular weight is 141 g/mol. The summed E-state index contributed by atoms with van der Waals surface area (Å²) in [5.74, 6) is 0. The number of anilines is 1. The van der Waals surface area contributed by atoms with Crippen molar-refractivity contribution in [2.75, 3.05) is 11.9 Å². The first-order valence-electron chi connectivity index (χ1n) is 2.78. The van der Waals surface area contributed by atoms with E-state index in [1.807, 2.05) is 12.3 Å². The van der Waals surface area contributed by atoms with Crippen molar-refractivity contribution in [2.45, 2.75) is 6.92 Å². The molecule has 1 aromatic heterocycles. The van der Waals surface area contributed by atoms with Crippen LogP contribution in [0.25, 0.3) is 0 Å². The lowest BCUT2D eigenvalue weighted by atomic mass is 10.6. The molecule has 1 aromatic rings. The Kier molecular flexibility index (Phi) is 2.05. The lowest BCUT2D eigenvalue weighted by Crippen LogP contribution is -1.95. The highest BCUT2D eigenvalue weighted by atomic mass is 32.1. The van der Waals surface area contributed by atoms with E-state index >= 15 is 0 Å². The zero-order valence-corrected chi connectivity index (χ0v) is 6.16. The molecule has 0 saturated carbocycles. The van der Waals surface area contributed by atoms with Gasteiger partial charge in [0.25, 0.3) is 0 Å². The molecule has 1 N–H and O–H groups in total. The minimum absolute atomic E-state index is 0.701. The van der Waals surface area contributed by atoms with Gasteiger partial charge in [-0.1, -0.05) is 0 Å². The maximum atomic E-state index is 4.17. The first kappa shape index (κ1) is 6.55. The number of nitrogens with one attached hydrogen (secondary N) is 1. The molecule has 0 aliphatic carbocycles. The minimum Gasteiger partial charge on any atom is -0.362 e. The van der Waals surface area contributed by atoms with Crippen LogP contribution < -0.4 is 5.32 Å². The second-order valence-corrected chi connectivity index (χ2v) is 2.58. The molecule has 2 nitrogen and oxygen atoms in total. The SMILES string of the molecule is [CH2]CNc1nc(C)cs1. The van der Waals surface area contributed by atoms with Gasteiger partial charge in [0.05, 0.1) is 5.69 Å². The molecule has 0 atom stereocenters. The molecule has 0 bridgehead atoms. The molecular formula is C6H9N2S. The Balaban J connectivity index is 2.61. The van der Waals surface area contributed by atoms with E-state index in [1.54, 1.807) is 11.3 Å². The van der Waals surface area contributed by atoms with E-state index in [-0.39, 0.29) is 0 Å². The topological polar surface area (TPSA) is 24.9 Å². The lowest BCUT2D eigenvalue weighted by Gasteiger charge is -1.92. The van der Waals surface area contributed by atoms with E-state index < -0.39 is 0 Å². The van der Waals surface area contributed by atoms with Crippen molar-refractivity contribution in [3.63, 3.8) is 0 Å². The van der Waals surface area contributed by atoms with Crippen molar-refractivity contribution in [3.05, 3.63) is 18.0 Å². The molecule has 1 heterocycles. The van der Waals surface area contributed by atoms with Gasteiger partial charge in [-0.05, 0) is 13.8 Å². The second-order valence-electron chi connectivity index (χ2n) is 1.72. The van der Waals surface area contributed by atoms with Gasteiger partial charge in [0, 0.05) is 11.9 Å². The summed E-state index contributed by atoms with van der Waals surface area (Å²) in [4.78, 5) is 4.17. The molecule has 0 saturated heterocycles. The van der Waals surface area contributed by atoms with Crippen LogP contribution in [0.15, 0.2) is 5.38 Å². The lowest BCUT2D eigenvalue weighted by molar-refractivity contribution is 1.22. The van der Waals surface area contributed by atoms with Gasteiger partial charge in [0.2, 0.25) is 0 Å². The number of rotatable bonds is 2. The average Bonchev–Trinajstić information content (AvgIpc) is 2.17. The summed E-state index contributed by atoms with van der Waals surface area (Å²) in [6, 6.07) is 0. The number of hydrogen-bond acceptors (Lipinski definition) is 3. The van der Waals surface area contributed by atoms with E-state index in [1.165, 1.54) is 0 Å². The van der Waals surface area contributed by atoms with Crippen molar-refractivity contribution in [2.24, 2.45) is 0 Å². The number of nitrogens with zero attached hydrogens (tertiary/aromatic N) is 1. The van der Waals surface area contributed by atoms with Crippen molar-refractivity contribution < 1.29 is 0 Å². The monoisotopic (exact) mass is 141 g/mol. The Labute approximate surface area is 58.9 Å². The quantitative estimate of drug-likeness (QED) is 0.678. The third-order valence-electron chi connectivity index (χ3n) is 0.895. The Morgan fingerprint density at radius 2 is 2.67 bits per heavy atom. The van der Waals surface area contributed by atoms with E-state index in [0.717, 1.165) is 10.8 Å². The largest absolute Gasteiger partial charge is 0.362 e. The van der Waals surface area contributed by atoms with Crippen LogP contribution in [0.4, 0.5) is 5.13 Å². The van der Waals surface area contributed by atoms with Crippen molar-refractivity contribution in [3.8, 4) is 0 Å². The van der Waals surface area contributed by atoms with Gasteiger partial charge in [0.15, 0.2) is 5.13 Å². The molecule has 0 fully saturated rings. The summed E-state index contributed by atoms with van der Waals surface area (Å²) in [6.07, 6.45) is 0. The van der Waals surface area contributed by atoms with Crippen LogP contribution in [0.3, 0.4) is 0 Å². The number of thiazole rings is 1. The Bertz CT molecular complexity index is 183. The predicted octanol–water partition coefficient (Wildman–Crippen LogP) is 1.70. The van der Waals surface area contributed by atoms with Crippen molar-refractivity contribution >= 4 is 16.5 Å². The van der Waals surface area contributed by atoms with E-state index in [9.17, 15) is 0 Å². The van der Waals surface area contributed by atoms with Crippen LogP contribution in [0.1, 0.15) is 5.69 Å². The summed E-state index contributed by atoms with van der Waals surface area (Å²) in [5, 5.41) is 6.00. The summed E-state index contributed by atoms with van der Waals surface area (Å²) >= 11 is 1.61. The molecule has 0 aliphatic heterocycles. The summed E-state index contributed by atoms with van der Waals surface area (Å²) in [7, 11) is 0. The maximum Gasteiger partial charge on any atom is 0.182 e. The van der Waals surface area contributed by atoms with E-state index in [2.05, 4.69) is 17.2 Å². The predicted molar refractivity (Wildman–Crippen MR) is 40.7 cm³/mol. The van der Waals surface area contributed by atoms with Gasteiger partial charge in [-0.2, -0.15) is 0 Å². The third-order valence-corrected chi connectivity index (χ3v) is 1.81.